The summed E-state index contributed by atoms with van der Waals surface area (Å²) < 4.78 is 0. The average molecular weight is 129 g/mol. The minimum absolute atomic E-state index is 0.555. The molecule has 9 heavy (non-hydrogen) atoms. The van der Waals surface area contributed by atoms with Gasteiger partial charge in [-0.05, 0) is 25.9 Å². The Labute approximate surface area is 57.8 Å². The molecule has 0 amide bonds. The zero-order valence-electron chi connectivity index (χ0n) is 6.24. The second kappa shape index (κ2) is 7.92. The normalized spacial score (nSPS) is 10.0. The standard InChI is InChI=1S/C7H17N2/c1-2-3-6-9-7-4-5-8/h8-9H,2-7H2,1H3. The molecule has 0 aliphatic carbocycles. The van der Waals surface area contributed by atoms with E-state index >= 15 is 0 Å². The van der Waals surface area contributed by atoms with Crippen molar-refractivity contribution in [1.82, 2.24) is 11.1 Å². The van der Waals surface area contributed by atoms with Crippen LogP contribution in [0.5, 0.6) is 0 Å². The van der Waals surface area contributed by atoms with Crippen molar-refractivity contribution < 1.29 is 0 Å². The van der Waals surface area contributed by atoms with Gasteiger partial charge in [-0.25, -0.2) is 0 Å². The van der Waals surface area contributed by atoms with Crippen molar-refractivity contribution in [1.29, 1.82) is 0 Å². The zero-order valence-corrected chi connectivity index (χ0v) is 6.24. The molecule has 0 spiro atoms. The first-order valence-corrected chi connectivity index (χ1v) is 3.77. The fourth-order valence-electron chi connectivity index (χ4n) is 0.640. The fraction of sp³-hybridized carbons (Fsp3) is 1.00. The van der Waals surface area contributed by atoms with Gasteiger partial charge in [0.05, 0.1) is 0 Å². The Morgan fingerprint density at radius 2 is 1.89 bits per heavy atom. The second-order valence-corrected chi connectivity index (χ2v) is 2.21. The van der Waals surface area contributed by atoms with Gasteiger partial charge in [0, 0.05) is 6.54 Å². The molecule has 0 fully saturated rings. The number of rotatable bonds is 6. The van der Waals surface area contributed by atoms with Crippen LogP contribution in [0.1, 0.15) is 26.2 Å². The van der Waals surface area contributed by atoms with Gasteiger partial charge in [-0.1, -0.05) is 13.3 Å². The van der Waals surface area contributed by atoms with E-state index in [-0.39, 0.29) is 0 Å². The van der Waals surface area contributed by atoms with Gasteiger partial charge in [0.25, 0.3) is 0 Å². The van der Waals surface area contributed by atoms with Crippen molar-refractivity contribution in [3.05, 3.63) is 0 Å². The highest BCUT2D eigenvalue weighted by molar-refractivity contribution is 4.46. The van der Waals surface area contributed by atoms with E-state index in [0.717, 1.165) is 19.5 Å². The summed E-state index contributed by atoms with van der Waals surface area (Å²) in [4.78, 5) is 0. The molecular weight excluding hydrogens is 112 g/mol. The first-order valence-electron chi connectivity index (χ1n) is 3.77. The summed E-state index contributed by atoms with van der Waals surface area (Å²) in [6, 6.07) is 0. The summed E-state index contributed by atoms with van der Waals surface area (Å²) >= 11 is 0. The molecule has 1 radical (unpaired) electrons. The Hall–Kier alpha value is -0.0800. The minimum atomic E-state index is 0.555. The molecule has 0 bridgehead atoms. The Morgan fingerprint density at radius 3 is 2.44 bits per heavy atom. The lowest BCUT2D eigenvalue weighted by molar-refractivity contribution is 0.618. The summed E-state index contributed by atoms with van der Waals surface area (Å²) in [6.07, 6.45) is 3.51. The monoisotopic (exact) mass is 129 g/mol. The number of unbranched alkanes of at least 4 members (excludes halogenated alkanes) is 1. The minimum Gasteiger partial charge on any atom is -0.317 e. The number of hydrogen-bond donors (Lipinski definition) is 1. The van der Waals surface area contributed by atoms with Crippen LogP contribution in [0.3, 0.4) is 0 Å². The first-order chi connectivity index (χ1) is 4.41. The van der Waals surface area contributed by atoms with Crippen molar-refractivity contribution in [2.24, 2.45) is 0 Å². The van der Waals surface area contributed by atoms with Gasteiger partial charge in [0.15, 0.2) is 0 Å². The Morgan fingerprint density at radius 1 is 1.22 bits per heavy atom. The summed E-state index contributed by atoms with van der Waals surface area (Å²) in [5.74, 6) is 0. The predicted octanol–water partition coefficient (Wildman–Crippen LogP) is 1.05. The van der Waals surface area contributed by atoms with E-state index in [2.05, 4.69) is 12.2 Å². The summed E-state index contributed by atoms with van der Waals surface area (Å²) in [5, 5.41) is 3.27. The maximum absolute atomic E-state index is 6.84. The first kappa shape index (κ1) is 8.92. The van der Waals surface area contributed by atoms with Crippen LogP contribution in [0, 0.1) is 0 Å². The van der Waals surface area contributed by atoms with E-state index in [1.54, 1.807) is 0 Å². The third kappa shape index (κ3) is 7.92. The van der Waals surface area contributed by atoms with Crippen molar-refractivity contribution in [2.75, 3.05) is 19.6 Å². The molecule has 0 saturated heterocycles. The average Bonchev–Trinajstić information content (AvgIpc) is 1.89. The molecule has 0 rings (SSSR count). The molecule has 0 aromatic carbocycles. The van der Waals surface area contributed by atoms with E-state index in [1.807, 2.05) is 0 Å². The SMILES string of the molecule is CCCCNCCC[NH]. The van der Waals surface area contributed by atoms with Gasteiger partial charge in [0.1, 0.15) is 0 Å². The highest BCUT2D eigenvalue weighted by Crippen LogP contribution is 1.81. The van der Waals surface area contributed by atoms with E-state index < -0.39 is 0 Å². The maximum Gasteiger partial charge on any atom is 0.0112 e. The van der Waals surface area contributed by atoms with Crippen LogP contribution in [-0.4, -0.2) is 19.6 Å². The molecule has 0 aromatic rings. The lowest BCUT2D eigenvalue weighted by Gasteiger charge is -1.99. The van der Waals surface area contributed by atoms with Gasteiger partial charge < -0.3 is 5.32 Å². The summed E-state index contributed by atoms with van der Waals surface area (Å²) in [6.45, 7) is 4.88. The van der Waals surface area contributed by atoms with Gasteiger partial charge in [-0.2, -0.15) is 0 Å². The van der Waals surface area contributed by atoms with E-state index in [0.29, 0.717) is 6.54 Å². The van der Waals surface area contributed by atoms with Gasteiger partial charge >= 0.3 is 0 Å². The van der Waals surface area contributed by atoms with Gasteiger partial charge in [0.2, 0.25) is 0 Å². The largest absolute Gasteiger partial charge is 0.317 e. The highest BCUT2D eigenvalue weighted by Gasteiger charge is 1.83. The van der Waals surface area contributed by atoms with Gasteiger partial charge in [-0.15, -0.1) is 0 Å². The van der Waals surface area contributed by atoms with Crippen LogP contribution in [0.15, 0.2) is 0 Å². The topological polar surface area (TPSA) is 35.8 Å². The van der Waals surface area contributed by atoms with Crippen LogP contribution in [0.4, 0.5) is 0 Å². The Bertz CT molecular complexity index is 40.2. The van der Waals surface area contributed by atoms with Crippen LogP contribution in [-0.2, 0) is 0 Å². The summed E-state index contributed by atoms with van der Waals surface area (Å²) in [7, 11) is 0. The number of nitrogens with one attached hydrogen (secondary N) is 2. The zero-order chi connectivity index (χ0) is 6.95. The molecule has 0 heterocycles. The maximum atomic E-state index is 6.84. The van der Waals surface area contributed by atoms with E-state index in [4.69, 9.17) is 5.73 Å². The molecule has 2 nitrogen and oxygen atoms in total. The third-order valence-corrected chi connectivity index (χ3v) is 1.24. The quantitative estimate of drug-likeness (QED) is 0.535. The van der Waals surface area contributed by atoms with E-state index in [1.165, 1.54) is 12.8 Å². The second-order valence-electron chi connectivity index (χ2n) is 2.21. The lowest BCUT2D eigenvalue weighted by atomic mass is 10.3. The van der Waals surface area contributed by atoms with Crippen molar-refractivity contribution in [3.63, 3.8) is 0 Å². The molecule has 0 aliphatic rings. The molecule has 2 heteroatoms. The molecule has 2 N–H and O–H groups in total. The molecule has 0 saturated carbocycles. The third-order valence-electron chi connectivity index (χ3n) is 1.24. The molecule has 0 aliphatic heterocycles. The van der Waals surface area contributed by atoms with Gasteiger partial charge in [-0.3, -0.25) is 5.73 Å². The molecule has 0 atom stereocenters. The molecule has 0 unspecified atom stereocenters. The van der Waals surface area contributed by atoms with Crippen molar-refractivity contribution in [2.45, 2.75) is 26.2 Å². The molecule has 0 aromatic heterocycles. The molecular formula is C7H17N2. The number of hydrogen-bond acceptors (Lipinski definition) is 1. The smallest absolute Gasteiger partial charge is 0.0112 e. The Balaban J connectivity index is 2.60. The molecule has 55 valence electrons. The van der Waals surface area contributed by atoms with Crippen molar-refractivity contribution >= 4 is 0 Å². The Kier molecular flexibility index (Phi) is 7.85. The summed E-state index contributed by atoms with van der Waals surface area (Å²) in [5.41, 5.74) is 6.84. The van der Waals surface area contributed by atoms with Crippen LogP contribution >= 0.6 is 0 Å². The predicted molar refractivity (Wildman–Crippen MR) is 40.4 cm³/mol. The van der Waals surface area contributed by atoms with E-state index in [9.17, 15) is 0 Å². The van der Waals surface area contributed by atoms with Crippen LogP contribution < -0.4 is 11.1 Å². The highest BCUT2D eigenvalue weighted by atomic mass is 14.8. The lowest BCUT2D eigenvalue weighted by Crippen LogP contribution is -2.17. The fourth-order valence-corrected chi connectivity index (χ4v) is 0.640. The van der Waals surface area contributed by atoms with Crippen LogP contribution in [0.25, 0.3) is 0 Å². The van der Waals surface area contributed by atoms with Crippen molar-refractivity contribution in [3.8, 4) is 0 Å². The van der Waals surface area contributed by atoms with Crippen LogP contribution in [0.2, 0.25) is 0 Å².